The number of benzene rings is 4. The average Bonchev–Trinajstić information content (AvgIpc) is 3.43. The molecule has 1 fully saturated rings. The summed E-state index contributed by atoms with van der Waals surface area (Å²) >= 11 is 3.53. The van der Waals surface area contributed by atoms with Gasteiger partial charge in [-0.1, -0.05) is 88.2 Å². The minimum Gasteiger partial charge on any atom is -0.497 e. The molecule has 0 amide bonds. The maximum absolute atomic E-state index is 14.8. The average molecular weight is 605 g/mol. The number of Topliss-reactive ketones (excluding diaryl/α,β-unsaturated/α-hetero) is 3. The first-order chi connectivity index (χ1) is 19.9. The van der Waals surface area contributed by atoms with E-state index < -0.39 is 23.4 Å². The summed E-state index contributed by atoms with van der Waals surface area (Å²) in [6, 6.07) is 26.4. The van der Waals surface area contributed by atoms with Crippen LogP contribution in [0, 0.1) is 12.3 Å². The lowest BCUT2D eigenvalue weighted by atomic mass is 9.64. The maximum atomic E-state index is 14.8. The van der Waals surface area contributed by atoms with Crippen LogP contribution in [0.2, 0.25) is 0 Å². The van der Waals surface area contributed by atoms with Gasteiger partial charge in [-0.2, -0.15) is 0 Å². The van der Waals surface area contributed by atoms with Crippen molar-refractivity contribution >= 4 is 45.0 Å². The number of hydrogen-bond donors (Lipinski definition) is 0. The second kappa shape index (κ2) is 9.38. The van der Waals surface area contributed by atoms with Crippen LogP contribution in [0.25, 0.3) is 6.08 Å². The largest absolute Gasteiger partial charge is 0.497 e. The van der Waals surface area contributed by atoms with E-state index in [4.69, 9.17) is 4.74 Å². The number of carbonyl (C=O) groups is 3. The second-order valence-electron chi connectivity index (χ2n) is 10.9. The lowest BCUT2D eigenvalue weighted by Gasteiger charge is -2.37. The quantitative estimate of drug-likeness (QED) is 0.184. The van der Waals surface area contributed by atoms with Crippen molar-refractivity contribution in [2.24, 2.45) is 5.41 Å². The van der Waals surface area contributed by atoms with Gasteiger partial charge < -0.3 is 9.64 Å². The smallest absolute Gasteiger partial charge is 0.186 e. The number of rotatable bonds is 4. The molecule has 2 aliphatic heterocycles. The fourth-order valence-electron chi connectivity index (χ4n) is 7.09. The van der Waals surface area contributed by atoms with Crippen molar-refractivity contribution in [3.8, 4) is 5.75 Å². The Morgan fingerprint density at radius 3 is 2.27 bits per heavy atom. The molecule has 41 heavy (non-hydrogen) atoms. The van der Waals surface area contributed by atoms with Gasteiger partial charge in [0.2, 0.25) is 0 Å². The number of hydrogen-bond acceptors (Lipinski definition) is 5. The van der Waals surface area contributed by atoms with Crippen LogP contribution in [0.5, 0.6) is 5.75 Å². The molecule has 3 aliphatic rings. The van der Waals surface area contributed by atoms with Crippen molar-refractivity contribution in [3.63, 3.8) is 0 Å². The van der Waals surface area contributed by atoms with Crippen LogP contribution in [0.1, 0.15) is 53.7 Å². The van der Waals surface area contributed by atoms with Crippen molar-refractivity contribution in [1.82, 2.24) is 0 Å². The normalized spacial score (nSPS) is 21.5. The third-order valence-corrected chi connectivity index (χ3v) is 9.34. The van der Waals surface area contributed by atoms with Gasteiger partial charge in [0.25, 0.3) is 0 Å². The zero-order valence-corrected chi connectivity index (χ0v) is 24.1. The lowest BCUT2D eigenvalue weighted by Crippen LogP contribution is -2.48. The Bertz CT molecular complexity index is 1760. The number of halogens is 1. The summed E-state index contributed by atoms with van der Waals surface area (Å²) in [4.78, 5) is 46.2. The first-order valence-electron chi connectivity index (χ1n) is 13.6. The maximum Gasteiger partial charge on any atom is 0.186 e. The molecule has 1 spiro atoms. The number of ether oxygens (including phenoxy) is 1. The first kappa shape index (κ1) is 25.7. The fourth-order valence-corrected chi connectivity index (χ4v) is 7.35. The Morgan fingerprint density at radius 2 is 1.59 bits per heavy atom. The molecule has 0 unspecified atom stereocenters. The summed E-state index contributed by atoms with van der Waals surface area (Å²) < 4.78 is 6.32. The zero-order chi connectivity index (χ0) is 28.5. The molecule has 3 atom stereocenters. The van der Waals surface area contributed by atoms with Gasteiger partial charge in [-0.05, 0) is 54.4 Å². The Labute approximate surface area is 246 Å². The SMILES string of the molecule is COc1cccc(C(=O)[C@H]2[C@H](c3ccc(Br)cc3)C3(C(=O)c4ccccc4C3=O)[C@H]3C=Cc4cc(C)ccc4N23)c1. The number of aryl methyl sites for hydroxylation is 1. The molecule has 0 radical (unpaired) electrons. The predicted molar refractivity (Wildman–Crippen MR) is 162 cm³/mol. The van der Waals surface area contributed by atoms with Gasteiger partial charge in [-0.25, -0.2) is 0 Å². The van der Waals surface area contributed by atoms with E-state index in [0.29, 0.717) is 22.4 Å². The van der Waals surface area contributed by atoms with E-state index in [1.165, 1.54) is 0 Å². The van der Waals surface area contributed by atoms with Gasteiger partial charge in [-0.3, -0.25) is 14.4 Å². The van der Waals surface area contributed by atoms with Crippen LogP contribution in [-0.4, -0.2) is 36.5 Å². The summed E-state index contributed by atoms with van der Waals surface area (Å²) in [7, 11) is 1.57. The van der Waals surface area contributed by atoms with Gasteiger partial charge in [0.05, 0.1) is 13.2 Å². The van der Waals surface area contributed by atoms with Crippen LogP contribution in [0.4, 0.5) is 5.69 Å². The van der Waals surface area contributed by atoms with Crippen molar-refractivity contribution in [1.29, 1.82) is 0 Å². The molecule has 0 bridgehead atoms. The van der Waals surface area contributed by atoms with Crippen molar-refractivity contribution in [2.45, 2.75) is 24.9 Å². The van der Waals surface area contributed by atoms with E-state index >= 15 is 0 Å². The molecule has 0 saturated carbocycles. The molecule has 0 aromatic heterocycles. The highest BCUT2D eigenvalue weighted by Crippen LogP contribution is 2.61. The predicted octanol–water partition coefficient (Wildman–Crippen LogP) is 7.08. The van der Waals surface area contributed by atoms with Gasteiger partial charge in [0, 0.05) is 32.8 Å². The third kappa shape index (κ3) is 3.56. The van der Waals surface area contributed by atoms with Gasteiger partial charge in [0.15, 0.2) is 17.3 Å². The first-order valence-corrected chi connectivity index (χ1v) is 14.3. The molecule has 4 aromatic rings. The van der Waals surface area contributed by atoms with Crippen LogP contribution in [-0.2, 0) is 0 Å². The Morgan fingerprint density at radius 1 is 0.878 bits per heavy atom. The number of nitrogens with zero attached hydrogens (tertiary/aromatic N) is 1. The molecule has 5 nitrogen and oxygen atoms in total. The molecule has 1 aliphatic carbocycles. The number of carbonyl (C=O) groups excluding carboxylic acids is 3. The standard InChI is InChI=1S/C35H26BrNO4/c1-20-10-16-28-22(18-20)13-17-29-35(33(39)26-8-3-4-9-27(26)34(35)40)30(21-11-14-24(36)15-12-21)31(37(28)29)32(38)23-6-5-7-25(19-23)41-2/h3-19,29-31H,1-2H3/t29-,30+,31-/m1/s1. The molecule has 202 valence electrons. The Kier molecular flexibility index (Phi) is 5.87. The number of anilines is 1. The highest BCUT2D eigenvalue weighted by molar-refractivity contribution is 9.10. The molecule has 4 aromatic carbocycles. The number of ketones is 3. The van der Waals surface area contributed by atoms with Crippen LogP contribution in [0.3, 0.4) is 0 Å². The van der Waals surface area contributed by atoms with E-state index in [9.17, 15) is 14.4 Å². The lowest BCUT2D eigenvalue weighted by molar-refractivity contribution is 0.0666. The van der Waals surface area contributed by atoms with Gasteiger partial charge in [-0.15, -0.1) is 0 Å². The van der Waals surface area contributed by atoms with Crippen molar-refractivity contribution in [2.75, 3.05) is 12.0 Å². The number of methoxy groups -OCH3 is 1. The Balaban J connectivity index is 1.54. The second-order valence-corrected chi connectivity index (χ2v) is 11.8. The van der Waals surface area contributed by atoms with Crippen LogP contribution >= 0.6 is 15.9 Å². The molecular formula is C35H26BrNO4. The minimum absolute atomic E-state index is 0.169. The van der Waals surface area contributed by atoms with Gasteiger partial charge >= 0.3 is 0 Å². The summed E-state index contributed by atoms with van der Waals surface area (Å²) in [5.74, 6) is -0.819. The topological polar surface area (TPSA) is 63.7 Å². The van der Waals surface area contributed by atoms with E-state index in [1.54, 1.807) is 55.6 Å². The van der Waals surface area contributed by atoms with Gasteiger partial charge in [0.1, 0.15) is 17.2 Å². The van der Waals surface area contributed by atoms with E-state index in [-0.39, 0.29) is 17.3 Å². The minimum atomic E-state index is -1.52. The number of fused-ring (bicyclic) bond motifs is 5. The van der Waals surface area contributed by atoms with Crippen molar-refractivity contribution in [3.05, 3.63) is 135 Å². The Hall–Kier alpha value is -4.29. The summed E-state index contributed by atoms with van der Waals surface area (Å²) in [6.45, 7) is 2.02. The summed E-state index contributed by atoms with van der Waals surface area (Å²) in [6.07, 6.45) is 3.94. The monoisotopic (exact) mass is 603 g/mol. The van der Waals surface area contributed by atoms with Crippen LogP contribution in [0.15, 0.2) is 102 Å². The molecule has 7 rings (SSSR count). The van der Waals surface area contributed by atoms with Crippen molar-refractivity contribution < 1.29 is 19.1 Å². The van der Waals surface area contributed by atoms with E-state index in [1.807, 2.05) is 60.4 Å². The highest BCUT2D eigenvalue weighted by atomic mass is 79.9. The molecular weight excluding hydrogens is 578 g/mol. The van der Waals surface area contributed by atoms with E-state index in [0.717, 1.165) is 26.9 Å². The summed E-state index contributed by atoms with van der Waals surface area (Å²) in [5.41, 5.74) is 3.41. The zero-order valence-electron chi connectivity index (χ0n) is 22.5. The molecule has 6 heteroatoms. The molecule has 2 heterocycles. The fraction of sp³-hybridized carbons (Fsp3) is 0.171. The summed E-state index contributed by atoms with van der Waals surface area (Å²) in [5, 5.41) is 0. The molecule has 0 N–H and O–H groups in total. The van der Waals surface area contributed by atoms with Crippen LogP contribution < -0.4 is 9.64 Å². The van der Waals surface area contributed by atoms with E-state index in [2.05, 4.69) is 22.0 Å². The highest BCUT2D eigenvalue weighted by Gasteiger charge is 2.71. The third-order valence-electron chi connectivity index (χ3n) is 8.81. The molecule has 1 saturated heterocycles.